The van der Waals surface area contributed by atoms with Crippen molar-refractivity contribution in [3.8, 4) is 0 Å². The fourth-order valence-corrected chi connectivity index (χ4v) is 2.62. The molecule has 0 aromatic heterocycles. The monoisotopic (exact) mass is 242 g/mol. The molecule has 1 saturated heterocycles. The third kappa shape index (κ3) is 4.94. The first kappa shape index (κ1) is 14.9. The molecule has 3 heteroatoms. The minimum Gasteiger partial charge on any atom is -0.375 e. The summed E-state index contributed by atoms with van der Waals surface area (Å²) in [7, 11) is 0. The molecule has 0 amide bonds. The van der Waals surface area contributed by atoms with Crippen molar-refractivity contribution in [3.63, 3.8) is 0 Å². The number of rotatable bonds is 7. The lowest BCUT2D eigenvalue weighted by Crippen LogP contribution is -2.50. The normalized spacial score (nSPS) is 29.8. The molecule has 3 unspecified atom stereocenters. The van der Waals surface area contributed by atoms with E-state index in [0.29, 0.717) is 18.2 Å². The van der Waals surface area contributed by atoms with Crippen molar-refractivity contribution in [1.29, 1.82) is 0 Å². The summed E-state index contributed by atoms with van der Waals surface area (Å²) in [6, 6.07) is 1.21. The molecule has 1 N–H and O–H groups in total. The first-order chi connectivity index (χ1) is 8.21. The Morgan fingerprint density at radius 2 is 1.88 bits per heavy atom. The Morgan fingerprint density at radius 1 is 1.18 bits per heavy atom. The number of nitrogens with one attached hydrogen (secondary N) is 1. The van der Waals surface area contributed by atoms with E-state index in [9.17, 15) is 0 Å². The fourth-order valence-electron chi connectivity index (χ4n) is 2.62. The lowest BCUT2D eigenvalue weighted by Gasteiger charge is -2.36. The van der Waals surface area contributed by atoms with Gasteiger partial charge in [-0.1, -0.05) is 20.8 Å². The molecule has 1 aliphatic rings. The number of hydrogen-bond donors (Lipinski definition) is 1. The van der Waals surface area contributed by atoms with Gasteiger partial charge in [-0.3, -0.25) is 0 Å². The first-order valence-corrected chi connectivity index (χ1v) is 7.31. The Morgan fingerprint density at radius 3 is 2.47 bits per heavy atom. The largest absolute Gasteiger partial charge is 0.375 e. The van der Waals surface area contributed by atoms with Crippen LogP contribution in [0.25, 0.3) is 0 Å². The maximum atomic E-state index is 6.06. The van der Waals surface area contributed by atoms with Crippen molar-refractivity contribution in [2.24, 2.45) is 0 Å². The van der Waals surface area contributed by atoms with Gasteiger partial charge in [0.1, 0.15) is 0 Å². The van der Waals surface area contributed by atoms with E-state index >= 15 is 0 Å². The molecular formula is C14H30N2O. The molecule has 0 aromatic rings. The van der Waals surface area contributed by atoms with Crippen molar-refractivity contribution < 1.29 is 4.74 Å². The van der Waals surface area contributed by atoms with E-state index in [1.165, 1.54) is 19.3 Å². The van der Waals surface area contributed by atoms with Crippen LogP contribution in [0.4, 0.5) is 0 Å². The van der Waals surface area contributed by atoms with E-state index in [1.807, 2.05) is 0 Å². The second kappa shape index (κ2) is 8.06. The number of likely N-dealkylation sites (N-methyl/N-ethyl adjacent to an activating group) is 1. The van der Waals surface area contributed by atoms with Gasteiger partial charge in [0.15, 0.2) is 0 Å². The molecule has 0 bridgehead atoms. The summed E-state index contributed by atoms with van der Waals surface area (Å²) in [4.78, 5) is 2.42. The highest BCUT2D eigenvalue weighted by molar-refractivity contribution is 4.85. The summed E-state index contributed by atoms with van der Waals surface area (Å²) >= 11 is 0. The third-order valence-electron chi connectivity index (χ3n) is 3.91. The number of ether oxygens (including phenoxy) is 1. The summed E-state index contributed by atoms with van der Waals surface area (Å²) in [6.45, 7) is 13.1. The highest BCUT2D eigenvalue weighted by Crippen LogP contribution is 2.18. The van der Waals surface area contributed by atoms with Gasteiger partial charge in [-0.2, -0.15) is 0 Å². The highest BCUT2D eigenvalue weighted by Gasteiger charge is 2.27. The molecule has 1 rings (SSSR count). The van der Waals surface area contributed by atoms with Crippen molar-refractivity contribution in [2.75, 3.05) is 26.2 Å². The second-order valence-electron chi connectivity index (χ2n) is 5.10. The van der Waals surface area contributed by atoms with Crippen LogP contribution < -0.4 is 5.32 Å². The predicted molar refractivity (Wildman–Crippen MR) is 73.4 cm³/mol. The van der Waals surface area contributed by atoms with Crippen LogP contribution in [0.1, 0.15) is 47.0 Å². The van der Waals surface area contributed by atoms with Crippen LogP contribution in [0.5, 0.6) is 0 Å². The molecule has 3 nitrogen and oxygen atoms in total. The molecule has 0 aliphatic carbocycles. The zero-order valence-electron chi connectivity index (χ0n) is 12.0. The number of hydrogen-bond acceptors (Lipinski definition) is 3. The number of nitrogens with zero attached hydrogens (tertiary/aromatic N) is 1. The zero-order chi connectivity index (χ0) is 12.7. The van der Waals surface area contributed by atoms with E-state index in [-0.39, 0.29) is 0 Å². The Bertz CT molecular complexity index is 195. The molecule has 0 aromatic carbocycles. The summed E-state index contributed by atoms with van der Waals surface area (Å²) < 4.78 is 6.06. The molecule has 1 heterocycles. The Kier molecular flexibility index (Phi) is 7.09. The summed E-state index contributed by atoms with van der Waals surface area (Å²) in [5.74, 6) is 0. The summed E-state index contributed by atoms with van der Waals surface area (Å²) in [5, 5.41) is 3.64. The second-order valence-corrected chi connectivity index (χ2v) is 5.10. The van der Waals surface area contributed by atoms with Crippen LogP contribution in [0.2, 0.25) is 0 Å². The Hall–Kier alpha value is -0.120. The van der Waals surface area contributed by atoms with Gasteiger partial charge < -0.3 is 15.0 Å². The third-order valence-corrected chi connectivity index (χ3v) is 3.91. The minimum atomic E-state index is 0.423. The minimum absolute atomic E-state index is 0.423. The highest BCUT2D eigenvalue weighted by atomic mass is 16.5. The van der Waals surface area contributed by atoms with Crippen LogP contribution in [0.3, 0.4) is 0 Å². The average Bonchev–Trinajstić information content (AvgIpc) is 2.36. The molecule has 0 saturated carbocycles. The van der Waals surface area contributed by atoms with E-state index in [2.05, 4.69) is 37.9 Å². The Labute approximate surface area is 107 Å². The first-order valence-electron chi connectivity index (χ1n) is 7.31. The zero-order valence-corrected chi connectivity index (χ0v) is 12.0. The van der Waals surface area contributed by atoms with Gasteiger partial charge in [0.05, 0.1) is 12.7 Å². The fraction of sp³-hybridized carbons (Fsp3) is 1.00. The lowest BCUT2D eigenvalue weighted by atomic mass is 9.95. The van der Waals surface area contributed by atoms with Crippen molar-refractivity contribution in [1.82, 2.24) is 10.2 Å². The molecule has 3 atom stereocenters. The van der Waals surface area contributed by atoms with Crippen molar-refractivity contribution in [3.05, 3.63) is 0 Å². The smallest absolute Gasteiger partial charge is 0.0729 e. The van der Waals surface area contributed by atoms with Gasteiger partial charge in [0.25, 0.3) is 0 Å². The lowest BCUT2D eigenvalue weighted by molar-refractivity contribution is -0.00854. The summed E-state index contributed by atoms with van der Waals surface area (Å²) in [6.07, 6.45) is 4.05. The van der Waals surface area contributed by atoms with Gasteiger partial charge in [0, 0.05) is 18.6 Å². The molecule has 0 radical (unpaired) electrons. The van der Waals surface area contributed by atoms with E-state index < -0.39 is 0 Å². The SMILES string of the molecule is CCC1NC(C)CCC1OCCN(CC)CC. The molecule has 0 spiro atoms. The quantitative estimate of drug-likeness (QED) is 0.741. The van der Waals surface area contributed by atoms with Crippen LogP contribution in [-0.4, -0.2) is 49.3 Å². The van der Waals surface area contributed by atoms with Crippen LogP contribution in [0, 0.1) is 0 Å². The van der Waals surface area contributed by atoms with E-state index in [0.717, 1.165) is 26.2 Å². The topological polar surface area (TPSA) is 24.5 Å². The molecule has 102 valence electrons. The van der Waals surface area contributed by atoms with Gasteiger partial charge in [-0.05, 0) is 39.3 Å². The molecule has 17 heavy (non-hydrogen) atoms. The van der Waals surface area contributed by atoms with E-state index in [4.69, 9.17) is 4.74 Å². The van der Waals surface area contributed by atoms with Crippen LogP contribution in [-0.2, 0) is 4.74 Å². The number of piperidine rings is 1. The maximum absolute atomic E-state index is 6.06. The van der Waals surface area contributed by atoms with Crippen LogP contribution in [0.15, 0.2) is 0 Å². The summed E-state index contributed by atoms with van der Waals surface area (Å²) in [5.41, 5.74) is 0. The van der Waals surface area contributed by atoms with Gasteiger partial charge >= 0.3 is 0 Å². The standard InChI is InChI=1S/C14H30N2O/c1-5-13-14(9-8-12(4)15-13)17-11-10-16(6-2)7-3/h12-15H,5-11H2,1-4H3. The molecule has 1 aliphatic heterocycles. The average molecular weight is 242 g/mol. The van der Waals surface area contributed by atoms with Crippen molar-refractivity contribution >= 4 is 0 Å². The van der Waals surface area contributed by atoms with E-state index in [1.54, 1.807) is 0 Å². The predicted octanol–water partition coefficient (Wildman–Crippen LogP) is 2.26. The van der Waals surface area contributed by atoms with Gasteiger partial charge in [-0.15, -0.1) is 0 Å². The maximum Gasteiger partial charge on any atom is 0.0729 e. The molecule has 1 fully saturated rings. The van der Waals surface area contributed by atoms with Gasteiger partial charge in [-0.25, -0.2) is 0 Å². The van der Waals surface area contributed by atoms with Gasteiger partial charge in [0.2, 0.25) is 0 Å². The van der Waals surface area contributed by atoms with Crippen LogP contribution >= 0.6 is 0 Å². The molecular weight excluding hydrogens is 212 g/mol. The van der Waals surface area contributed by atoms with Crippen molar-refractivity contribution in [2.45, 2.75) is 65.1 Å². The Balaban J connectivity index is 2.25.